The summed E-state index contributed by atoms with van der Waals surface area (Å²) in [4.78, 5) is 13.1. The van der Waals surface area contributed by atoms with Gasteiger partial charge in [0.2, 0.25) is 0 Å². The van der Waals surface area contributed by atoms with Gasteiger partial charge in [0, 0.05) is 11.4 Å². The minimum Gasteiger partial charge on any atom is -0.333 e. The number of hydrogen-bond acceptors (Lipinski definition) is 2. The van der Waals surface area contributed by atoms with Crippen LogP contribution in [-0.2, 0) is 11.3 Å². The molecule has 0 aromatic carbocycles. The maximum atomic E-state index is 12.2. The number of carbonyl (C=O) groups is 1. The molecule has 1 aromatic heterocycles. The molecule has 0 bridgehead atoms. The lowest BCUT2D eigenvalue weighted by atomic mass is 10.4. The first-order valence-corrected chi connectivity index (χ1v) is 5.96. The van der Waals surface area contributed by atoms with E-state index in [2.05, 4.69) is 15.9 Å². The van der Waals surface area contributed by atoms with Gasteiger partial charge in [-0.25, -0.2) is 0 Å². The normalized spacial score (nSPS) is 10.7. The first kappa shape index (κ1) is 12.6. The fourth-order valence-corrected chi connectivity index (χ4v) is 2.61. The average molecular weight is 298 g/mol. The van der Waals surface area contributed by atoms with Gasteiger partial charge in [-0.3, -0.25) is 4.79 Å². The van der Waals surface area contributed by atoms with E-state index in [1.807, 2.05) is 12.1 Å². The van der Waals surface area contributed by atoms with Crippen molar-refractivity contribution >= 4 is 33.2 Å². The molecule has 84 valence electrons. The fourth-order valence-electron chi connectivity index (χ4n) is 1.11. The second-order valence-corrected chi connectivity index (χ2v) is 5.41. The second kappa shape index (κ2) is 5.55. The van der Waals surface area contributed by atoms with Gasteiger partial charge < -0.3 is 4.90 Å². The second-order valence-electron chi connectivity index (χ2n) is 2.86. The lowest BCUT2D eigenvalue weighted by Crippen LogP contribution is -2.34. The van der Waals surface area contributed by atoms with Crippen LogP contribution in [0.2, 0.25) is 0 Å². The highest BCUT2D eigenvalue weighted by Crippen LogP contribution is 2.23. The third-order valence-electron chi connectivity index (χ3n) is 1.86. The summed E-state index contributed by atoms with van der Waals surface area (Å²) in [5, 5.41) is 0. The van der Waals surface area contributed by atoms with E-state index in [1.54, 1.807) is 6.92 Å². The van der Waals surface area contributed by atoms with Crippen molar-refractivity contribution in [1.29, 1.82) is 0 Å². The Morgan fingerprint density at radius 2 is 2.27 bits per heavy atom. The maximum absolute atomic E-state index is 12.2. The largest absolute Gasteiger partial charge is 0.333 e. The Balaban J connectivity index is 2.65. The molecule has 6 heteroatoms. The monoisotopic (exact) mass is 297 g/mol. The molecule has 0 aliphatic carbocycles. The van der Waals surface area contributed by atoms with E-state index in [-0.39, 0.29) is 6.54 Å². The van der Waals surface area contributed by atoms with Crippen molar-refractivity contribution in [2.45, 2.75) is 19.9 Å². The van der Waals surface area contributed by atoms with Gasteiger partial charge in [0.15, 0.2) is 0 Å². The molecule has 15 heavy (non-hydrogen) atoms. The number of carbonyl (C=O) groups excluding carboxylic acids is 1. The molecule has 0 unspecified atom stereocenters. The Morgan fingerprint density at radius 1 is 1.60 bits per heavy atom. The zero-order valence-electron chi connectivity index (χ0n) is 8.04. The summed E-state index contributed by atoms with van der Waals surface area (Å²) in [6, 6.07) is 3.65. The van der Waals surface area contributed by atoms with Crippen LogP contribution in [0.1, 0.15) is 11.8 Å². The van der Waals surface area contributed by atoms with Crippen molar-refractivity contribution in [1.82, 2.24) is 4.90 Å². The predicted octanol–water partition coefficient (Wildman–Crippen LogP) is 3.12. The van der Waals surface area contributed by atoms with Gasteiger partial charge in [-0.1, -0.05) is 0 Å². The smallest absolute Gasteiger partial charge is 0.315 e. The molecular formula is C9H10BrF2NOS. The predicted molar refractivity (Wildman–Crippen MR) is 59.1 cm³/mol. The minimum absolute atomic E-state index is 0.246. The van der Waals surface area contributed by atoms with E-state index in [1.165, 1.54) is 11.3 Å². The lowest BCUT2D eigenvalue weighted by Gasteiger charge is -2.19. The van der Waals surface area contributed by atoms with Crippen molar-refractivity contribution in [3.05, 3.63) is 20.8 Å². The van der Waals surface area contributed by atoms with Crippen molar-refractivity contribution in [2.24, 2.45) is 0 Å². The zero-order valence-corrected chi connectivity index (χ0v) is 10.4. The zero-order chi connectivity index (χ0) is 11.4. The molecule has 1 aromatic rings. The highest BCUT2D eigenvalue weighted by molar-refractivity contribution is 9.11. The minimum atomic E-state index is -2.92. The van der Waals surface area contributed by atoms with Crippen LogP contribution in [0.3, 0.4) is 0 Å². The highest BCUT2D eigenvalue weighted by Gasteiger charge is 2.22. The summed E-state index contributed by atoms with van der Waals surface area (Å²) in [5.41, 5.74) is 0. The summed E-state index contributed by atoms with van der Waals surface area (Å²) >= 11 is 4.72. The van der Waals surface area contributed by atoms with Crippen molar-refractivity contribution in [3.63, 3.8) is 0 Å². The topological polar surface area (TPSA) is 20.3 Å². The van der Waals surface area contributed by atoms with Gasteiger partial charge >= 0.3 is 6.43 Å². The summed E-state index contributed by atoms with van der Waals surface area (Å²) in [6.07, 6.45) is -2.92. The number of rotatable bonds is 4. The summed E-state index contributed by atoms with van der Waals surface area (Å²) in [7, 11) is 0. The number of nitrogens with zero attached hydrogens (tertiary/aromatic N) is 1. The van der Waals surface area contributed by atoms with Crippen LogP contribution in [0.5, 0.6) is 0 Å². The molecule has 1 amide bonds. The Morgan fingerprint density at radius 3 is 2.67 bits per heavy atom. The van der Waals surface area contributed by atoms with Gasteiger partial charge in [0.25, 0.3) is 5.91 Å². The summed E-state index contributed by atoms with van der Waals surface area (Å²) in [5.74, 6) is -1.11. The van der Waals surface area contributed by atoms with Gasteiger partial charge in [0.1, 0.15) is 0 Å². The van der Waals surface area contributed by atoms with Crippen LogP contribution >= 0.6 is 27.3 Å². The van der Waals surface area contributed by atoms with Crippen LogP contribution < -0.4 is 0 Å². The Bertz CT molecular complexity index is 343. The summed E-state index contributed by atoms with van der Waals surface area (Å²) < 4.78 is 25.3. The average Bonchev–Trinajstić information content (AvgIpc) is 2.59. The Kier molecular flexibility index (Phi) is 4.66. The molecule has 0 spiro atoms. The highest BCUT2D eigenvalue weighted by atomic mass is 79.9. The van der Waals surface area contributed by atoms with Gasteiger partial charge in [0.05, 0.1) is 10.3 Å². The number of thiophene rings is 1. The van der Waals surface area contributed by atoms with Crippen LogP contribution in [0.15, 0.2) is 15.9 Å². The number of hydrogen-bond donors (Lipinski definition) is 0. The maximum Gasteiger partial charge on any atom is 0.315 e. The van der Waals surface area contributed by atoms with Gasteiger partial charge in [-0.2, -0.15) is 8.78 Å². The lowest BCUT2D eigenvalue weighted by molar-refractivity contribution is -0.143. The van der Waals surface area contributed by atoms with E-state index in [9.17, 15) is 13.6 Å². The first-order chi connectivity index (χ1) is 7.04. The SMILES string of the molecule is CCN(Cc1ccc(Br)s1)C(=O)C(F)F. The van der Waals surface area contributed by atoms with Gasteiger partial charge in [-0.05, 0) is 35.0 Å². The molecule has 1 heterocycles. The van der Waals surface area contributed by atoms with Crippen LogP contribution in [0, 0.1) is 0 Å². The van der Waals surface area contributed by atoms with Crippen LogP contribution in [0.4, 0.5) is 8.78 Å². The van der Waals surface area contributed by atoms with Crippen molar-refractivity contribution in [3.8, 4) is 0 Å². The molecule has 0 saturated carbocycles. The van der Waals surface area contributed by atoms with Crippen molar-refractivity contribution < 1.29 is 13.6 Å². The molecule has 1 rings (SSSR count). The molecule has 0 saturated heterocycles. The van der Waals surface area contributed by atoms with Crippen LogP contribution in [-0.4, -0.2) is 23.8 Å². The van der Waals surface area contributed by atoms with E-state index in [4.69, 9.17) is 0 Å². The Hall–Kier alpha value is -0.490. The Labute approximate surface area is 99.0 Å². The van der Waals surface area contributed by atoms with Gasteiger partial charge in [-0.15, -0.1) is 11.3 Å². The van der Waals surface area contributed by atoms with Crippen LogP contribution in [0.25, 0.3) is 0 Å². The number of halogens is 3. The number of amides is 1. The summed E-state index contributed by atoms with van der Waals surface area (Å²) in [6.45, 7) is 2.22. The quantitative estimate of drug-likeness (QED) is 0.836. The molecule has 2 nitrogen and oxygen atoms in total. The molecule has 0 aliphatic heterocycles. The first-order valence-electron chi connectivity index (χ1n) is 4.35. The standard InChI is InChI=1S/C9H10BrF2NOS/c1-2-13(9(14)8(11)12)5-6-3-4-7(10)15-6/h3-4,8H,2,5H2,1H3. The molecule has 0 N–H and O–H groups in total. The fraction of sp³-hybridized carbons (Fsp3) is 0.444. The van der Waals surface area contributed by atoms with E-state index in [0.717, 1.165) is 13.6 Å². The third kappa shape index (κ3) is 3.53. The van der Waals surface area contributed by atoms with E-state index < -0.39 is 12.3 Å². The van der Waals surface area contributed by atoms with E-state index >= 15 is 0 Å². The molecule has 0 fully saturated rings. The molecular weight excluding hydrogens is 288 g/mol. The van der Waals surface area contributed by atoms with Crippen molar-refractivity contribution in [2.75, 3.05) is 6.54 Å². The molecule has 0 radical (unpaired) electrons. The number of alkyl halides is 2. The van der Waals surface area contributed by atoms with E-state index in [0.29, 0.717) is 6.54 Å². The molecule has 0 atom stereocenters. The third-order valence-corrected chi connectivity index (χ3v) is 3.46. The molecule has 0 aliphatic rings.